The van der Waals surface area contributed by atoms with Crippen LogP contribution in [-0.2, 0) is 0 Å². The van der Waals surface area contributed by atoms with Crippen LogP contribution in [0, 0.1) is 10.1 Å². The molecule has 3 aromatic rings. The second kappa shape index (κ2) is 10.2. The molecule has 1 aromatic heterocycles. The summed E-state index contributed by atoms with van der Waals surface area (Å²) in [6.45, 7) is 4.13. The summed E-state index contributed by atoms with van der Waals surface area (Å²) in [6, 6.07) is 17.4. The van der Waals surface area contributed by atoms with E-state index in [9.17, 15) is 14.9 Å². The number of anilines is 2. The van der Waals surface area contributed by atoms with Gasteiger partial charge in [0.05, 0.1) is 24.0 Å². The number of nitrogens with zero attached hydrogens (tertiary/aromatic N) is 4. The molecule has 0 N–H and O–H groups in total. The van der Waals surface area contributed by atoms with Crippen molar-refractivity contribution in [1.82, 2.24) is 4.90 Å². The zero-order valence-corrected chi connectivity index (χ0v) is 18.4. The molecule has 1 aliphatic heterocycles. The van der Waals surface area contributed by atoms with Gasteiger partial charge in [-0.1, -0.05) is 24.3 Å². The Morgan fingerprint density at radius 3 is 2.48 bits per heavy atom. The van der Waals surface area contributed by atoms with Gasteiger partial charge in [-0.15, -0.1) is 0 Å². The molecule has 0 aliphatic carbocycles. The van der Waals surface area contributed by atoms with Gasteiger partial charge in [0.15, 0.2) is 5.76 Å². The van der Waals surface area contributed by atoms with Crippen molar-refractivity contribution in [2.24, 2.45) is 0 Å². The van der Waals surface area contributed by atoms with Gasteiger partial charge in [-0.3, -0.25) is 24.7 Å². The number of para-hydroxylation sites is 4. The first-order valence-electron chi connectivity index (χ1n) is 10.8. The molecule has 4 rings (SSSR count). The van der Waals surface area contributed by atoms with E-state index in [4.69, 9.17) is 9.15 Å². The minimum atomic E-state index is -0.468. The predicted molar refractivity (Wildman–Crippen MR) is 125 cm³/mol. The molecular weight excluding hydrogens is 424 g/mol. The molecule has 2 heterocycles. The second-order valence-corrected chi connectivity index (χ2v) is 7.68. The summed E-state index contributed by atoms with van der Waals surface area (Å²) in [5.74, 6) is 0.591. The Bertz CT molecular complexity index is 1090. The van der Waals surface area contributed by atoms with Crippen LogP contribution < -0.4 is 14.5 Å². The Morgan fingerprint density at radius 2 is 1.79 bits per heavy atom. The summed E-state index contributed by atoms with van der Waals surface area (Å²) >= 11 is 0. The normalized spacial score (nSPS) is 14.2. The van der Waals surface area contributed by atoms with Gasteiger partial charge < -0.3 is 14.1 Å². The largest absolute Gasteiger partial charge is 0.495 e. The standard InChI is InChI=1S/C24H26N4O5/c1-32-22-10-5-4-9-21(22)26-15-12-25(13-16-26)14-17-27(24(29)23-11-6-18-33-23)19-7-2-3-8-20(19)28(30)31/h2-11,18H,12-17H2,1H3. The van der Waals surface area contributed by atoms with Gasteiger partial charge in [0.25, 0.3) is 11.6 Å². The van der Waals surface area contributed by atoms with Crippen molar-refractivity contribution in [1.29, 1.82) is 0 Å². The number of hydrogen-bond donors (Lipinski definition) is 0. The number of hydrogen-bond acceptors (Lipinski definition) is 7. The van der Waals surface area contributed by atoms with Crippen LogP contribution in [0.4, 0.5) is 17.1 Å². The molecule has 9 nitrogen and oxygen atoms in total. The maximum Gasteiger partial charge on any atom is 0.294 e. The van der Waals surface area contributed by atoms with Gasteiger partial charge in [0, 0.05) is 45.3 Å². The lowest BCUT2D eigenvalue weighted by molar-refractivity contribution is -0.384. The maximum atomic E-state index is 13.1. The van der Waals surface area contributed by atoms with Crippen LogP contribution in [-0.4, -0.2) is 62.1 Å². The van der Waals surface area contributed by atoms with Gasteiger partial charge >= 0.3 is 0 Å². The second-order valence-electron chi connectivity index (χ2n) is 7.68. The molecule has 0 spiro atoms. The fourth-order valence-corrected chi connectivity index (χ4v) is 4.06. The average molecular weight is 450 g/mol. The number of nitro groups is 1. The number of ether oxygens (including phenoxy) is 1. The van der Waals surface area contributed by atoms with Crippen LogP contribution in [0.15, 0.2) is 71.3 Å². The Balaban J connectivity index is 1.46. The number of furan rings is 1. The third-order valence-corrected chi connectivity index (χ3v) is 5.78. The number of methoxy groups -OCH3 is 1. The first-order valence-corrected chi connectivity index (χ1v) is 10.8. The molecule has 0 bridgehead atoms. The number of carbonyl (C=O) groups is 1. The number of carbonyl (C=O) groups excluding carboxylic acids is 1. The van der Waals surface area contributed by atoms with Gasteiger partial charge in [-0.2, -0.15) is 0 Å². The number of nitro benzene ring substituents is 1. The predicted octanol–water partition coefficient (Wildman–Crippen LogP) is 3.67. The van der Waals surface area contributed by atoms with Crippen LogP contribution in [0.1, 0.15) is 10.6 Å². The van der Waals surface area contributed by atoms with E-state index in [2.05, 4.69) is 9.80 Å². The fourth-order valence-electron chi connectivity index (χ4n) is 4.06. The summed E-state index contributed by atoms with van der Waals surface area (Å²) in [6.07, 6.45) is 1.42. The van der Waals surface area contributed by atoms with Gasteiger partial charge in [-0.25, -0.2) is 0 Å². The fraction of sp³-hybridized carbons (Fsp3) is 0.292. The van der Waals surface area contributed by atoms with Crippen molar-refractivity contribution in [3.05, 3.63) is 82.8 Å². The van der Waals surface area contributed by atoms with E-state index in [0.29, 0.717) is 13.1 Å². The van der Waals surface area contributed by atoms with Crippen LogP contribution in [0.2, 0.25) is 0 Å². The van der Waals surface area contributed by atoms with Crippen molar-refractivity contribution in [3.8, 4) is 5.75 Å². The monoisotopic (exact) mass is 450 g/mol. The van der Waals surface area contributed by atoms with Crippen LogP contribution >= 0.6 is 0 Å². The highest BCUT2D eigenvalue weighted by atomic mass is 16.6. The van der Waals surface area contributed by atoms with Crippen molar-refractivity contribution in [3.63, 3.8) is 0 Å². The molecule has 0 atom stereocenters. The lowest BCUT2D eigenvalue weighted by atomic mass is 10.2. The van der Waals surface area contributed by atoms with Gasteiger partial charge in [-0.05, 0) is 30.3 Å². The smallest absolute Gasteiger partial charge is 0.294 e. The van der Waals surface area contributed by atoms with Gasteiger partial charge in [0.2, 0.25) is 0 Å². The molecule has 0 unspecified atom stereocenters. The summed E-state index contributed by atoms with van der Waals surface area (Å²) in [5, 5.41) is 11.6. The topological polar surface area (TPSA) is 92.3 Å². The maximum absolute atomic E-state index is 13.1. The molecule has 9 heteroatoms. The Kier molecular flexibility index (Phi) is 6.89. The number of amides is 1. The highest BCUT2D eigenvalue weighted by molar-refractivity contribution is 6.05. The first kappa shape index (κ1) is 22.3. The third-order valence-electron chi connectivity index (χ3n) is 5.78. The van der Waals surface area contributed by atoms with Crippen LogP contribution in [0.25, 0.3) is 0 Å². The molecule has 0 saturated carbocycles. The Morgan fingerprint density at radius 1 is 1.06 bits per heavy atom. The average Bonchev–Trinajstić information content (AvgIpc) is 3.40. The molecule has 172 valence electrons. The summed E-state index contributed by atoms with van der Waals surface area (Å²) in [5.41, 5.74) is 1.21. The zero-order valence-electron chi connectivity index (χ0n) is 18.4. The van der Waals surface area contributed by atoms with Crippen molar-refractivity contribution in [2.75, 3.05) is 56.2 Å². The van der Waals surface area contributed by atoms with Crippen LogP contribution in [0.3, 0.4) is 0 Å². The molecule has 1 fully saturated rings. The number of piperazine rings is 1. The van der Waals surface area contributed by atoms with Gasteiger partial charge in [0.1, 0.15) is 11.4 Å². The number of rotatable bonds is 8. The van der Waals surface area contributed by atoms with Crippen molar-refractivity contribution < 1.29 is 18.9 Å². The molecular formula is C24H26N4O5. The third kappa shape index (κ3) is 4.98. The summed E-state index contributed by atoms with van der Waals surface area (Å²) in [4.78, 5) is 30.2. The molecule has 2 aromatic carbocycles. The molecule has 0 radical (unpaired) electrons. The minimum absolute atomic E-state index is 0.113. The van der Waals surface area contributed by atoms with E-state index < -0.39 is 10.8 Å². The molecule has 33 heavy (non-hydrogen) atoms. The molecule has 1 aliphatic rings. The van der Waals surface area contributed by atoms with E-state index in [1.165, 1.54) is 17.2 Å². The highest BCUT2D eigenvalue weighted by Gasteiger charge is 2.28. The Hall–Kier alpha value is -3.85. The molecule has 1 saturated heterocycles. The highest BCUT2D eigenvalue weighted by Crippen LogP contribution is 2.30. The summed E-state index contributed by atoms with van der Waals surface area (Å²) in [7, 11) is 1.67. The lowest BCUT2D eigenvalue weighted by Crippen LogP contribution is -2.49. The number of benzene rings is 2. The quantitative estimate of drug-likeness (QED) is 0.382. The summed E-state index contributed by atoms with van der Waals surface area (Å²) < 4.78 is 10.8. The van der Waals surface area contributed by atoms with Crippen LogP contribution in [0.5, 0.6) is 5.75 Å². The first-order chi connectivity index (χ1) is 16.1. The van der Waals surface area contributed by atoms with E-state index in [0.717, 1.165) is 37.6 Å². The minimum Gasteiger partial charge on any atom is -0.495 e. The van der Waals surface area contributed by atoms with E-state index >= 15 is 0 Å². The van der Waals surface area contributed by atoms with Crippen molar-refractivity contribution in [2.45, 2.75) is 0 Å². The zero-order chi connectivity index (χ0) is 23.2. The van der Waals surface area contributed by atoms with E-state index in [-0.39, 0.29) is 17.1 Å². The Labute approximate surface area is 191 Å². The van der Waals surface area contributed by atoms with E-state index in [1.807, 2.05) is 24.3 Å². The SMILES string of the molecule is COc1ccccc1N1CCN(CCN(C(=O)c2ccco2)c2ccccc2[N+](=O)[O-])CC1. The molecule has 1 amide bonds. The van der Waals surface area contributed by atoms with E-state index in [1.54, 1.807) is 37.4 Å². The van der Waals surface area contributed by atoms with Crippen molar-refractivity contribution >= 4 is 23.0 Å². The lowest BCUT2D eigenvalue weighted by Gasteiger charge is -2.37.